The summed E-state index contributed by atoms with van der Waals surface area (Å²) in [5.41, 5.74) is 4.95. The highest BCUT2D eigenvalue weighted by molar-refractivity contribution is 5.83. The molecule has 1 amide bonds. The summed E-state index contributed by atoms with van der Waals surface area (Å²) in [6.07, 6.45) is 4.90. The molecule has 1 N–H and O–H groups in total. The fourth-order valence-corrected chi connectivity index (χ4v) is 5.66. The van der Waals surface area contributed by atoms with Crippen LogP contribution in [0.3, 0.4) is 0 Å². The Morgan fingerprint density at radius 3 is 1.76 bits per heavy atom. The average molecular weight is 498 g/mol. The van der Waals surface area contributed by atoms with E-state index in [1.807, 2.05) is 61.8 Å². The third kappa shape index (κ3) is 4.32. The van der Waals surface area contributed by atoms with E-state index < -0.39 is 5.54 Å². The molecule has 5 aromatic rings. The van der Waals surface area contributed by atoms with Gasteiger partial charge in [-0.1, -0.05) is 121 Å². The van der Waals surface area contributed by atoms with E-state index in [1.54, 1.807) is 0 Å². The summed E-state index contributed by atoms with van der Waals surface area (Å²) < 4.78 is 2.22. The predicted octanol–water partition coefficient (Wildman–Crippen LogP) is 6.70. The van der Waals surface area contributed by atoms with E-state index in [9.17, 15) is 4.79 Å². The standard InChI is InChI=1S/C34H31N3O/c1-25(26-14-6-2-7-15-26)36-33(38)31-22-30(31)32-23-37(24-35-32)34(27-16-8-3-9-17-27,28-18-10-4-11-19-28)29-20-12-5-13-21-29/h2-21,23-25,30-31H,22H2,1H3,(H,36,38). The number of carbonyl (C=O) groups is 1. The van der Waals surface area contributed by atoms with Gasteiger partial charge >= 0.3 is 0 Å². The van der Waals surface area contributed by atoms with Crippen molar-refractivity contribution in [3.8, 4) is 0 Å². The fraction of sp³-hybridized carbons (Fsp3) is 0.176. The van der Waals surface area contributed by atoms with Gasteiger partial charge in [0.05, 0.1) is 18.1 Å². The number of carbonyl (C=O) groups excluding carboxylic acids is 1. The van der Waals surface area contributed by atoms with Crippen molar-refractivity contribution in [2.75, 3.05) is 0 Å². The van der Waals surface area contributed by atoms with Crippen LogP contribution in [0.2, 0.25) is 0 Å². The maximum Gasteiger partial charge on any atom is 0.224 e. The number of nitrogens with one attached hydrogen (secondary N) is 1. The summed E-state index contributed by atoms with van der Waals surface area (Å²) in [6.45, 7) is 2.03. The molecule has 4 nitrogen and oxygen atoms in total. The molecule has 1 heterocycles. The second-order valence-corrected chi connectivity index (χ2v) is 10.1. The smallest absolute Gasteiger partial charge is 0.224 e. The molecule has 4 heteroatoms. The van der Waals surface area contributed by atoms with Gasteiger partial charge in [0.25, 0.3) is 0 Å². The van der Waals surface area contributed by atoms with Gasteiger partial charge in [-0.15, -0.1) is 0 Å². The van der Waals surface area contributed by atoms with Gasteiger partial charge in [-0.3, -0.25) is 4.79 Å². The molecule has 0 bridgehead atoms. The van der Waals surface area contributed by atoms with Gasteiger partial charge in [0.2, 0.25) is 5.91 Å². The molecule has 3 atom stereocenters. The molecule has 3 unspecified atom stereocenters. The number of aromatic nitrogens is 2. The topological polar surface area (TPSA) is 46.9 Å². The molecule has 1 aliphatic carbocycles. The lowest BCUT2D eigenvalue weighted by molar-refractivity contribution is -0.123. The number of imidazole rings is 1. The van der Waals surface area contributed by atoms with E-state index in [0.29, 0.717) is 0 Å². The van der Waals surface area contributed by atoms with Crippen molar-refractivity contribution < 1.29 is 4.79 Å². The third-order valence-corrected chi connectivity index (χ3v) is 7.73. The highest BCUT2D eigenvalue weighted by Crippen LogP contribution is 2.48. The molecule has 0 saturated heterocycles. The molecule has 6 rings (SSSR count). The first kappa shape index (κ1) is 23.9. The zero-order valence-electron chi connectivity index (χ0n) is 21.4. The molecule has 4 aromatic carbocycles. The van der Waals surface area contributed by atoms with Crippen LogP contribution in [0.5, 0.6) is 0 Å². The second-order valence-electron chi connectivity index (χ2n) is 10.1. The number of hydrogen-bond donors (Lipinski definition) is 1. The van der Waals surface area contributed by atoms with Gasteiger partial charge in [0.15, 0.2) is 0 Å². The van der Waals surface area contributed by atoms with Crippen LogP contribution in [0.25, 0.3) is 0 Å². The van der Waals surface area contributed by atoms with E-state index in [1.165, 1.54) is 0 Å². The molecule has 1 fully saturated rings. The largest absolute Gasteiger partial charge is 0.349 e. The van der Waals surface area contributed by atoms with Gasteiger partial charge in [-0.2, -0.15) is 0 Å². The number of nitrogens with zero attached hydrogens (tertiary/aromatic N) is 2. The summed E-state index contributed by atoms with van der Waals surface area (Å²) in [4.78, 5) is 18.0. The number of rotatable bonds is 8. The molecule has 1 aliphatic rings. The SMILES string of the molecule is CC(NC(=O)C1CC1c1cn(C(c2ccccc2)(c2ccccc2)c2ccccc2)cn1)c1ccccc1. The first-order valence-corrected chi connectivity index (χ1v) is 13.2. The van der Waals surface area contributed by atoms with Gasteiger partial charge in [-0.05, 0) is 35.6 Å². The molecular formula is C34H31N3O. The minimum atomic E-state index is -0.594. The Kier molecular flexibility index (Phi) is 6.38. The fourth-order valence-electron chi connectivity index (χ4n) is 5.66. The van der Waals surface area contributed by atoms with Crippen LogP contribution in [-0.4, -0.2) is 15.5 Å². The molecule has 0 spiro atoms. The lowest BCUT2D eigenvalue weighted by atomic mass is 9.77. The summed E-state index contributed by atoms with van der Waals surface area (Å²) in [6, 6.07) is 41.8. The Morgan fingerprint density at radius 1 is 0.789 bits per heavy atom. The first-order chi connectivity index (χ1) is 18.7. The van der Waals surface area contributed by atoms with Gasteiger partial charge in [0, 0.05) is 18.0 Å². The number of benzene rings is 4. The van der Waals surface area contributed by atoms with Gasteiger partial charge in [-0.25, -0.2) is 4.98 Å². The maximum absolute atomic E-state index is 13.1. The molecule has 0 aliphatic heterocycles. The lowest BCUT2D eigenvalue weighted by Gasteiger charge is -2.37. The third-order valence-electron chi connectivity index (χ3n) is 7.73. The Balaban J connectivity index is 1.35. The van der Waals surface area contributed by atoms with Crippen LogP contribution in [0.4, 0.5) is 0 Å². The Bertz CT molecular complexity index is 1400. The Hall–Kier alpha value is -4.44. The average Bonchev–Trinajstić information content (AvgIpc) is 3.65. The summed E-state index contributed by atoms with van der Waals surface area (Å²) in [5, 5.41) is 3.20. The molecular weight excluding hydrogens is 466 g/mol. The summed E-state index contributed by atoms with van der Waals surface area (Å²) in [5.74, 6) is 0.171. The van der Waals surface area contributed by atoms with Crippen molar-refractivity contribution in [1.29, 1.82) is 0 Å². The molecule has 1 aromatic heterocycles. The number of hydrogen-bond acceptors (Lipinski definition) is 2. The van der Waals surface area contributed by atoms with E-state index >= 15 is 0 Å². The molecule has 0 radical (unpaired) electrons. The minimum absolute atomic E-state index is 0.0237. The summed E-state index contributed by atoms with van der Waals surface area (Å²) >= 11 is 0. The Morgan fingerprint density at radius 2 is 1.26 bits per heavy atom. The van der Waals surface area contributed by atoms with Crippen LogP contribution < -0.4 is 5.32 Å². The zero-order chi connectivity index (χ0) is 26.0. The van der Waals surface area contributed by atoms with Crippen molar-refractivity contribution in [3.63, 3.8) is 0 Å². The van der Waals surface area contributed by atoms with E-state index in [-0.39, 0.29) is 23.8 Å². The van der Waals surface area contributed by atoms with Crippen molar-refractivity contribution in [1.82, 2.24) is 14.9 Å². The highest BCUT2D eigenvalue weighted by Gasteiger charge is 2.47. The van der Waals surface area contributed by atoms with Crippen LogP contribution in [-0.2, 0) is 10.3 Å². The van der Waals surface area contributed by atoms with Crippen molar-refractivity contribution in [2.45, 2.75) is 30.8 Å². The van der Waals surface area contributed by atoms with Crippen LogP contribution in [0, 0.1) is 5.92 Å². The van der Waals surface area contributed by atoms with Crippen molar-refractivity contribution in [2.24, 2.45) is 5.92 Å². The monoisotopic (exact) mass is 497 g/mol. The van der Waals surface area contributed by atoms with Crippen molar-refractivity contribution in [3.05, 3.63) is 162 Å². The molecule has 38 heavy (non-hydrogen) atoms. The van der Waals surface area contributed by atoms with E-state index in [0.717, 1.165) is 34.4 Å². The zero-order valence-corrected chi connectivity index (χ0v) is 21.4. The maximum atomic E-state index is 13.1. The predicted molar refractivity (Wildman–Crippen MR) is 151 cm³/mol. The van der Waals surface area contributed by atoms with Gasteiger partial charge in [0.1, 0.15) is 5.54 Å². The van der Waals surface area contributed by atoms with E-state index in [2.05, 4.69) is 88.9 Å². The summed E-state index contributed by atoms with van der Waals surface area (Å²) in [7, 11) is 0. The Labute approximate surface area is 224 Å². The first-order valence-electron chi connectivity index (χ1n) is 13.2. The normalized spacial score (nSPS) is 17.5. The molecule has 1 saturated carbocycles. The van der Waals surface area contributed by atoms with Gasteiger partial charge < -0.3 is 9.88 Å². The lowest BCUT2D eigenvalue weighted by Crippen LogP contribution is -2.36. The number of amides is 1. The van der Waals surface area contributed by atoms with Crippen molar-refractivity contribution >= 4 is 5.91 Å². The minimum Gasteiger partial charge on any atom is -0.349 e. The van der Waals surface area contributed by atoms with Crippen LogP contribution >= 0.6 is 0 Å². The quantitative estimate of drug-likeness (QED) is 0.242. The van der Waals surface area contributed by atoms with Crippen LogP contribution in [0.15, 0.2) is 134 Å². The van der Waals surface area contributed by atoms with Crippen LogP contribution in [0.1, 0.15) is 53.3 Å². The van der Waals surface area contributed by atoms with E-state index in [4.69, 9.17) is 4.98 Å². The highest BCUT2D eigenvalue weighted by atomic mass is 16.2. The molecule has 188 valence electrons. The second kappa shape index (κ2) is 10.1.